The zero-order valence-electron chi connectivity index (χ0n) is 12.2. The maximum Gasteiger partial charge on any atom is 0.255 e. The summed E-state index contributed by atoms with van der Waals surface area (Å²) in [6.07, 6.45) is 2.61. The van der Waals surface area contributed by atoms with Crippen LogP contribution in [0.25, 0.3) is 0 Å². The molecule has 1 aromatic heterocycles. The number of carbonyl (C=O) groups excluding carboxylic acids is 2. The van der Waals surface area contributed by atoms with E-state index in [0.717, 1.165) is 24.3 Å². The second-order valence-corrected chi connectivity index (χ2v) is 4.84. The average molecular weight is 278 g/mol. The Morgan fingerprint density at radius 3 is 2.75 bits per heavy atom. The SMILES string of the molecule is CCCNc1cc(C)ncc1C(=O)NC(C)CC(N)=O. The number of hydrogen-bond donors (Lipinski definition) is 3. The topological polar surface area (TPSA) is 97.1 Å². The molecule has 0 radical (unpaired) electrons. The van der Waals surface area contributed by atoms with Gasteiger partial charge in [-0.2, -0.15) is 0 Å². The summed E-state index contributed by atoms with van der Waals surface area (Å²) in [4.78, 5) is 27.2. The van der Waals surface area contributed by atoms with Gasteiger partial charge in [-0.25, -0.2) is 0 Å². The first-order valence-corrected chi connectivity index (χ1v) is 6.73. The third-order valence-electron chi connectivity index (χ3n) is 2.74. The van der Waals surface area contributed by atoms with Crippen LogP contribution in [0.2, 0.25) is 0 Å². The number of aryl methyl sites for hydroxylation is 1. The fourth-order valence-corrected chi connectivity index (χ4v) is 1.80. The summed E-state index contributed by atoms with van der Waals surface area (Å²) in [5.74, 6) is -0.700. The fourth-order valence-electron chi connectivity index (χ4n) is 1.80. The van der Waals surface area contributed by atoms with Crippen molar-refractivity contribution in [2.75, 3.05) is 11.9 Å². The van der Waals surface area contributed by atoms with Crippen molar-refractivity contribution in [1.82, 2.24) is 10.3 Å². The summed E-state index contributed by atoms with van der Waals surface area (Å²) in [6, 6.07) is 1.53. The van der Waals surface area contributed by atoms with E-state index < -0.39 is 5.91 Å². The molecule has 0 spiro atoms. The number of nitrogens with one attached hydrogen (secondary N) is 2. The third-order valence-corrected chi connectivity index (χ3v) is 2.74. The molecule has 0 fully saturated rings. The number of rotatable bonds is 7. The summed E-state index contributed by atoms with van der Waals surface area (Å²) in [5.41, 5.74) is 7.17. The van der Waals surface area contributed by atoms with Crippen molar-refractivity contribution in [1.29, 1.82) is 0 Å². The lowest BCUT2D eigenvalue weighted by atomic mass is 10.1. The van der Waals surface area contributed by atoms with Gasteiger partial charge in [0.15, 0.2) is 0 Å². The zero-order chi connectivity index (χ0) is 15.1. The molecule has 1 atom stereocenters. The maximum atomic E-state index is 12.2. The molecule has 0 aliphatic rings. The lowest BCUT2D eigenvalue weighted by molar-refractivity contribution is -0.118. The molecular formula is C14H22N4O2. The fraction of sp³-hybridized carbons (Fsp3) is 0.500. The number of anilines is 1. The molecule has 4 N–H and O–H groups in total. The van der Waals surface area contributed by atoms with Gasteiger partial charge < -0.3 is 16.4 Å². The quantitative estimate of drug-likeness (QED) is 0.698. The highest BCUT2D eigenvalue weighted by molar-refractivity contribution is 5.99. The molecule has 1 heterocycles. The van der Waals surface area contributed by atoms with E-state index in [0.29, 0.717) is 5.56 Å². The van der Waals surface area contributed by atoms with Gasteiger partial charge in [-0.05, 0) is 26.3 Å². The lowest BCUT2D eigenvalue weighted by Crippen LogP contribution is -2.36. The summed E-state index contributed by atoms with van der Waals surface area (Å²) < 4.78 is 0. The van der Waals surface area contributed by atoms with E-state index in [9.17, 15) is 9.59 Å². The van der Waals surface area contributed by atoms with Gasteiger partial charge in [-0.15, -0.1) is 0 Å². The van der Waals surface area contributed by atoms with Crippen LogP contribution in [0.5, 0.6) is 0 Å². The number of aromatic nitrogens is 1. The Kier molecular flexibility index (Phi) is 5.96. The van der Waals surface area contributed by atoms with E-state index in [4.69, 9.17) is 5.73 Å². The minimum Gasteiger partial charge on any atom is -0.384 e. The van der Waals surface area contributed by atoms with Crippen LogP contribution < -0.4 is 16.4 Å². The van der Waals surface area contributed by atoms with Crippen molar-refractivity contribution in [2.24, 2.45) is 5.73 Å². The molecule has 6 nitrogen and oxygen atoms in total. The predicted molar refractivity (Wildman–Crippen MR) is 78.5 cm³/mol. The van der Waals surface area contributed by atoms with Crippen molar-refractivity contribution in [3.8, 4) is 0 Å². The molecule has 0 saturated heterocycles. The Hall–Kier alpha value is -2.11. The Labute approximate surface area is 119 Å². The van der Waals surface area contributed by atoms with Crippen molar-refractivity contribution < 1.29 is 9.59 Å². The molecule has 0 saturated carbocycles. The monoisotopic (exact) mass is 278 g/mol. The van der Waals surface area contributed by atoms with E-state index in [1.54, 1.807) is 13.1 Å². The highest BCUT2D eigenvalue weighted by Crippen LogP contribution is 2.16. The van der Waals surface area contributed by atoms with Crippen LogP contribution in [0.4, 0.5) is 5.69 Å². The second-order valence-electron chi connectivity index (χ2n) is 4.84. The van der Waals surface area contributed by atoms with E-state index in [2.05, 4.69) is 22.5 Å². The summed E-state index contributed by atoms with van der Waals surface area (Å²) in [5, 5.41) is 5.95. The van der Waals surface area contributed by atoms with Gasteiger partial charge in [0.05, 0.1) is 11.3 Å². The molecular weight excluding hydrogens is 256 g/mol. The largest absolute Gasteiger partial charge is 0.384 e. The number of carbonyl (C=O) groups is 2. The standard InChI is InChI=1S/C14H22N4O2/c1-4-5-16-12-6-9(2)17-8-11(12)14(20)18-10(3)7-13(15)19/h6,8,10H,4-5,7H2,1-3H3,(H2,15,19)(H,16,17)(H,18,20). The molecule has 0 aromatic carbocycles. The normalized spacial score (nSPS) is 11.8. The highest BCUT2D eigenvalue weighted by atomic mass is 16.2. The van der Waals surface area contributed by atoms with Crippen molar-refractivity contribution in [3.63, 3.8) is 0 Å². The number of nitrogens with zero attached hydrogens (tertiary/aromatic N) is 1. The molecule has 0 aliphatic carbocycles. The van der Waals surface area contributed by atoms with Crippen LogP contribution in [-0.4, -0.2) is 29.4 Å². The number of hydrogen-bond acceptors (Lipinski definition) is 4. The van der Waals surface area contributed by atoms with Crippen LogP contribution >= 0.6 is 0 Å². The van der Waals surface area contributed by atoms with Gasteiger partial charge in [-0.1, -0.05) is 6.92 Å². The van der Waals surface area contributed by atoms with Crippen molar-refractivity contribution in [2.45, 2.75) is 39.7 Å². The predicted octanol–water partition coefficient (Wildman–Crippen LogP) is 1.21. The van der Waals surface area contributed by atoms with Gasteiger partial charge >= 0.3 is 0 Å². The molecule has 0 bridgehead atoms. The molecule has 1 rings (SSSR count). The first-order chi connectivity index (χ1) is 9.43. The Morgan fingerprint density at radius 2 is 2.15 bits per heavy atom. The number of primary amides is 1. The van der Waals surface area contributed by atoms with Gasteiger partial charge in [0.1, 0.15) is 0 Å². The van der Waals surface area contributed by atoms with Gasteiger partial charge in [0.25, 0.3) is 5.91 Å². The van der Waals surface area contributed by atoms with Gasteiger partial charge in [0, 0.05) is 30.9 Å². The van der Waals surface area contributed by atoms with Crippen molar-refractivity contribution >= 4 is 17.5 Å². The molecule has 1 aromatic rings. The Morgan fingerprint density at radius 1 is 1.45 bits per heavy atom. The molecule has 2 amide bonds. The number of pyridine rings is 1. The average Bonchev–Trinajstić information content (AvgIpc) is 2.35. The second kappa shape index (κ2) is 7.47. The molecule has 110 valence electrons. The Bertz CT molecular complexity index is 488. The van der Waals surface area contributed by atoms with Crippen LogP contribution in [0.1, 0.15) is 42.7 Å². The zero-order valence-corrected chi connectivity index (χ0v) is 12.2. The number of nitrogens with two attached hydrogens (primary N) is 1. The summed E-state index contributed by atoms with van der Waals surface area (Å²) in [7, 11) is 0. The molecule has 20 heavy (non-hydrogen) atoms. The first kappa shape index (κ1) is 15.9. The minimum absolute atomic E-state index is 0.114. The third kappa shape index (κ3) is 4.87. The minimum atomic E-state index is -0.441. The van der Waals surface area contributed by atoms with E-state index >= 15 is 0 Å². The van der Waals surface area contributed by atoms with E-state index in [-0.39, 0.29) is 18.4 Å². The summed E-state index contributed by atoms with van der Waals surface area (Å²) >= 11 is 0. The van der Waals surface area contributed by atoms with Crippen LogP contribution in [-0.2, 0) is 4.79 Å². The summed E-state index contributed by atoms with van der Waals surface area (Å²) in [6.45, 7) is 6.44. The first-order valence-electron chi connectivity index (χ1n) is 6.73. The maximum absolute atomic E-state index is 12.2. The highest BCUT2D eigenvalue weighted by Gasteiger charge is 2.15. The smallest absolute Gasteiger partial charge is 0.255 e. The lowest BCUT2D eigenvalue weighted by Gasteiger charge is -2.15. The van der Waals surface area contributed by atoms with Crippen molar-refractivity contribution in [3.05, 3.63) is 23.5 Å². The van der Waals surface area contributed by atoms with E-state index in [1.807, 2.05) is 13.0 Å². The number of amides is 2. The Balaban J connectivity index is 2.83. The van der Waals surface area contributed by atoms with Gasteiger partial charge in [0.2, 0.25) is 5.91 Å². The molecule has 1 unspecified atom stereocenters. The van der Waals surface area contributed by atoms with Crippen LogP contribution in [0.3, 0.4) is 0 Å². The molecule has 0 aliphatic heterocycles. The molecule has 6 heteroatoms. The van der Waals surface area contributed by atoms with E-state index in [1.165, 1.54) is 0 Å². The van der Waals surface area contributed by atoms with Crippen LogP contribution in [0, 0.1) is 6.92 Å². The van der Waals surface area contributed by atoms with Gasteiger partial charge in [-0.3, -0.25) is 14.6 Å². The van der Waals surface area contributed by atoms with Crippen LogP contribution in [0.15, 0.2) is 12.3 Å².